The normalized spacial score (nSPS) is 19.8. The fraction of sp³-hybridized carbons (Fsp3) is 0.357. The molecule has 0 saturated carbocycles. The summed E-state index contributed by atoms with van der Waals surface area (Å²) >= 11 is 0. The lowest BCUT2D eigenvalue weighted by Crippen LogP contribution is -2.65. The summed E-state index contributed by atoms with van der Waals surface area (Å²) in [5.41, 5.74) is 3.46. The van der Waals surface area contributed by atoms with Crippen molar-refractivity contribution in [3.05, 3.63) is 59.7 Å². The van der Waals surface area contributed by atoms with E-state index in [-0.39, 0.29) is 41.2 Å². The van der Waals surface area contributed by atoms with Crippen LogP contribution >= 0.6 is 0 Å². The number of amides is 2. The van der Waals surface area contributed by atoms with E-state index in [1.165, 1.54) is 6.07 Å². The Bertz CT molecular complexity index is 1810. The van der Waals surface area contributed by atoms with Gasteiger partial charge in [-0.25, -0.2) is 14.2 Å². The van der Waals surface area contributed by atoms with Gasteiger partial charge in [0.1, 0.15) is 36.8 Å². The monoisotopic (exact) mass is 542 g/mol. The van der Waals surface area contributed by atoms with Crippen LogP contribution in [0.3, 0.4) is 0 Å². The fourth-order valence-corrected chi connectivity index (χ4v) is 6.29. The molecule has 3 aliphatic heterocycles. The number of rotatable bonds is 5. The van der Waals surface area contributed by atoms with Gasteiger partial charge in [-0.1, -0.05) is 23.8 Å². The molecule has 4 bridgehead atoms. The maximum Gasteiger partial charge on any atom is 0.336 e. The van der Waals surface area contributed by atoms with Crippen molar-refractivity contribution in [2.24, 2.45) is 0 Å². The number of carbonyl (C=O) groups excluding carboxylic acids is 2. The number of H-pyrrole nitrogens is 1. The maximum absolute atomic E-state index is 15.7. The van der Waals surface area contributed by atoms with Gasteiger partial charge in [0.2, 0.25) is 5.91 Å². The van der Waals surface area contributed by atoms with Crippen LogP contribution in [0.4, 0.5) is 4.39 Å². The van der Waals surface area contributed by atoms with E-state index < -0.39 is 0 Å². The van der Waals surface area contributed by atoms with Gasteiger partial charge in [-0.3, -0.25) is 14.6 Å². The summed E-state index contributed by atoms with van der Waals surface area (Å²) in [4.78, 5) is 32.2. The molecule has 5 aromatic rings. The summed E-state index contributed by atoms with van der Waals surface area (Å²) in [6.07, 6.45) is 3.75. The lowest BCUT2D eigenvalue weighted by molar-refractivity contribution is -0.137. The number of quaternary nitrogens is 1. The molecule has 0 aliphatic carbocycles. The van der Waals surface area contributed by atoms with Crippen LogP contribution in [0.2, 0.25) is 0 Å². The Morgan fingerprint density at radius 2 is 2.00 bits per heavy atom. The number of aromatic nitrogens is 7. The van der Waals surface area contributed by atoms with Crippen molar-refractivity contribution < 1.29 is 14.0 Å². The molecule has 8 rings (SSSR count). The van der Waals surface area contributed by atoms with Gasteiger partial charge in [0.25, 0.3) is 0 Å². The molecule has 12 heteroatoms. The fourth-order valence-electron chi connectivity index (χ4n) is 6.29. The van der Waals surface area contributed by atoms with Crippen LogP contribution in [-0.2, 0) is 29.1 Å². The van der Waals surface area contributed by atoms with Gasteiger partial charge in [0, 0.05) is 41.5 Å². The Hall–Kier alpha value is -4.45. The minimum absolute atomic E-state index is 0.00315. The van der Waals surface area contributed by atoms with E-state index in [4.69, 9.17) is 5.10 Å². The van der Waals surface area contributed by atoms with Crippen molar-refractivity contribution in [3.63, 3.8) is 0 Å². The number of aromatic amines is 1. The van der Waals surface area contributed by atoms with Gasteiger partial charge >= 0.3 is 5.91 Å². The van der Waals surface area contributed by atoms with Crippen LogP contribution < -0.4 is 9.91 Å². The maximum atomic E-state index is 15.7. The third-order valence-corrected chi connectivity index (χ3v) is 8.40. The third kappa shape index (κ3) is 3.66. The molecular weight excluding hydrogens is 513 g/mol. The van der Waals surface area contributed by atoms with Gasteiger partial charge in [0.15, 0.2) is 5.82 Å². The van der Waals surface area contributed by atoms with Crippen LogP contribution in [-0.4, -0.2) is 59.8 Å². The van der Waals surface area contributed by atoms with Crippen molar-refractivity contribution >= 4 is 33.6 Å². The second kappa shape index (κ2) is 9.05. The van der Waals surface area contributed by atoms with E-state index in [0.717, 1.165) is 27.7 Å². The Morgan fingerprint density at radius 3 is 2.75 bits per heavy atom. The van der Waals surface area contributed by atoms with Crippen LogP contribution in [0.5, 0.6) is 0 Å². The standard InChI is InChI=1S/C28H28FN9O2/c1-3-24-32-25(34-33-24)14-30-26(40)15-36-22-6-4-5-19-20-12-23-18(11-21(20)29)13-31-37(23)38(16(2)39)9-7-17(8-10-38)28(35-36)27(19)22/h4-6,11-13,17H,3,7-10,14-15H2,1-2H3,(H-,30,32,33,34,40)/p+1. The van der Waals surface area contributed by atoms with Gasteiger partial charge in [-0.15, -0.1) is 9.69 Å². The van der Waals surface area contributed by atoms with E-state index in [1.807, 2.05) is 25.1 Å². The van der Waals surface area contributed by atoms with Gasteiger partial charge in [-0.2, -0.15) is 10.2 Å². The molecule has 3 aromatic heterocycles. The lowest BCUT2D eigenvalue weighted by Gasteiger charge is -2.39. The molecule has 204 valence electrons. The van der Waals surface area contributed by atoms with Crippen LogP contribution in [0.1, 0.15) is 49.9 Å². The molecule has 0 atom stereocenters. The molecule has 2 amide bonds. The van der Waals surface area contributed by atoms with Gasteiger partial charge in [-0.05, 0) is 23.8 Å². The first-order chi connectivity index (χ1) is 19.4. The van der Waals surface area contributed by atoms with Crippen LogP contribution in [0.15, 0.2) is 36.5 Å². The third-order valence-electron chi connectivity index (χ3n) is 8.40. The van der Waals surface area contributed by atoms with Crippen molar-refractivity contribution in [2.45, 2.75) is 52.1 Å². The lowest BCUT2D eigenvalue weighted by atomic mass is 9.88. The molecule has 40 heavy (non-hydrogen) atoms. The van der Waals surface area contributed by atoms with E-state index in [9.17, 15) is 9.59 Å². The van der Waals surface area contributed by atoms with E-state index >= 15 is 4.39 Å². The topological polar surface area (TPSA) is 123 Å². The molecule has 3 aliphatic rings. The number of carbonyl (C=O) groups is 2. The number of benzene rings is 2. The first-order valence-electron chi connectivity index (χ1n) is 13.6. The molecule has 2 N–H and O–H groups in total. The molecule has 6 heterocycles. The Kier molecular flexibility index (Phi) is 5.56. The Morgan fingerprint density at radius 1 is 1.18 bits per heavy atom. The molecule has 11 nitrogen and oxygen atoms in total. The molecular formula is C28H29FN9O2+. The zero-order valence-corrected chi connectivity index (χ0v) is 22.3. The SMILES string of the molecule is CCc1n[nH]c(CNC(=O)Cn2nc3c4c(cccc42)-c2cc4c(cnn4[N+]4(C(C)=O)CCC3CC4)cc2F)n1. The highest BCUT2D eigenvalue weighted by Gasteiger charge is 2.44. The Balaban J connectivity index is 1.34. The number of hydrogen-bond acceptors (Lipinski definition) is 6. The smallest absolute Gasteiger partial charge is 0.336 e. The molecule has 0 spiro atoms. The van der Waals surface area contributed by atoms with Crippen LogP contribution in [0.25, 0.3) is 32.9 Å². The number of piperidine rings is 1. The molecule has 2 aromatic carbocycles. The Labute approximate surface area is 228 Å². The van der Waals surface area contributed by atoms with Crippen LogP contribution in [0, 0.1) is 5.82 Å². The zero-order chi connectivity index (χ0) is 27.6. The van der Waals surface area contributed by atoms with Crippen molar-refractivity contribution in [1.29, 1.82) is 0 Å². The van der Waals surface area contributed by atoms with Gasteiger partial charge in [0.05, 0.1) is 30.9 Å². The molecule has 1 fully saturated rings. The number of hydrogen-bond donors (Lipinski definition) is 2. The molecule has 0 radical (unpaired) electrons. The number of halogens is 1. The van der Waals surface area contributed by atoms with Crippen molar-refractivity contribution in [1.82, 2.24) is 44.8 Å². The summed E-state index contributed by atoms with van der Waals surface area (Å²) in [7, 11) is 0. The summed E-state index contributed by atoms with van der Waals surface area (Å²) < 4.78 is 17.4. The summed E-state index contributed by atoms with van der Waals surface area (Å²) in [5, 5.41) is 20.9. The highest BCUT2D eigenvalue weighted by molar-refractivity contribution is 6.00. The van der Waals surface area contributed by atoms with Gasteiger partial charge < -0.3 is 5.32 Å². The number of nitrogens with one attached hydrogen (secondary N) is 2. The minimum atomic E-state index is -0.370. The minimum Gasteiger partial charge on any atom is -0.347 e. The molecule has 1 saturated heterocycles. The summed E-state index contributed by atoms with van der Waals surface area (Å²) in [6.45, 7) is 4.90. The number of aryl methyl sites for hydroxylation is 1. The van der Waals surface area contributed by atoms with Crippen molar-refractivity contribution in [2.75, 3.05) is 13.1 Å². The second-order valence-corrected chi connectivity index (χ2v) is 10.7. The van der Waals surface area contributed by atoms with E-state index in [1.54, 1.807) is 28.7 Å². The second-order valence-electron chi connectivity index (χ2n) is 10.7. The highest BCUT2D eigenvalue weighted by atomic mass is 19.1. The molecule has 0 unspecified atom stereocenters. The average molecular weight is 543 g/mol. The first-order valence-corrected chi connectivity index (χ1v) is 13.6. The predicted molar refractivity (Wildman–Crippen MR) is 146 cm³/mol. The largest absolute Gasteiger partial charge is 0.347 e. The van der Waals surface area contributed by atoms with E-state index in [2.05, 4.69) is 25.6 Å². The number of nitrogens with zero attached hydrogens (tertiary/aromatic N) is 7. The zero-order valence-electron chi connectivity index (χ0n) is 22.3. The predicted octanol–water partition coefficient (Wildman–Crippen LogP) is 3.07. The first kappa shape index (κ1) is 24.6. The average Bonchev–Trinajstić information content (AvgIpc) is 3.68. The quantitative estimate of drug-likeness (QED) is 0.329. The summed E-state index contributed by atoms with van der Waals surface area (Å²) in [5.74, 6) is 0.741. The summed E-state index contributed by atoms with van der Waals surface area (Å²) in [6, 6.07) is 8.97. The van der Waals surface area contributed by atoms with Crippen molar-refractivity contribution in [3.8, 4) is 11.1 Å². The van der Waals surface area contributed by atoms with E-state index in [0.29, 0.717) is 55.0 Å². The highest BCUT2D eigenvalue weighted by Crippen LogP contribution is 2.42. The number of fused-ring (bicyclic) bond motifs is 2.